The van der Waals surface area contributed by atoms with E-state index in [1.165, 1.54) is 0 Å². The third-order valence-corrected chi connectivity index (χ3v) is 3.59. The molecule has 0 aliphatic carbocycles. The predicted octanol–water partition coefficient (Wildman–Crippen LogP) is 3.81. The van der Waals surface area contributed by atoms with Gasteiger partial charge in [0.05, 0.1) is 6.61 Å². The van der Waals surface area contributed by atoms with Crippen molar-refractivity contribution in [2.75, 3.05) is 11.5 Å². The van der Waals surface area contributed by atoms with Gasteiger partial charge in [-0.2, -0.15) is 4.90 Å². The van der Waals surface area contributed by atoms with Crippen LogP contribution < -0.4 is 4.90 Å². The highest BCUT2D eigenvalue weighted by molar-refractivity contribution is 7.18. The summed E-state index contributed by atoms with van der Waals surface area (Å²) in [5.74, 6) is -0.781. The molecule has 2 amide bonds. The van der Waals surface area contributed by atoms with E-state index in [1.54, 1.807) is 48.5 Å². The van der Waals surface area contributed by atoms with Crippen LogP contribution in [-0.4, -0.2) is 47.2 Å². The van der Waals surface area contributed by atoms with E-state index in [2.05, 4.69) is 4.98 Å². The first kappa shape index (κ1) is 22.6. The fourth-order valence-corrected chi connectivity index (χ4v) is 2.59. The van der Waals surface area contributed by atoms with Crippen molar-refractivity contribution in [1.82, 2.24) is 4.98 Å². The quantitative estimate of drug-likeness (QED) is 0.426. The highest BCUT2D eigenvalue weighted by Gasteiger charge is 2.36. The molecule has 0 saturated heterocycles. The molecule has 0 aromatic carbocycles. The molecule has 9 nitrogen and oxygen atoms in total. The zero-order valence-electron chi connectivity index (χ0n) is 16.4. The average Bonchev–Trinajstić information content (AvgIpc) is 2.87. The summed E-state index contributed by atoms with van der Waals surface area (Å²) in [7, 11) is 0. The number of hydrogen-bond donors (Lipinski definition) is 0. The highest BCUT2D eigenvalue weighted by Crippen LogP contribution is 2.29. The van der Waals surface area contributed by atoms with Gasteiger partial charge in [-0.3, -0.25) is 4.79 Å². The number of carbonyl (C=O) groups is 4. The van der Waals surface area contributed by atoms with Gasteiger partial charge in [-0.1, -0.05) is 11.3 Å². The van der Waals surface area contributed by atoms with Gasteiger partial charge in [-0.15, -0.1) is 0 Å². The third kappa shape index (κ3) is 6.63. The smallest absolute Gasteiger partial charge is 0.426 e. The first-order chi connectivity index (χ1) is 12.3. The fraction of sp³-hybridized carbons (Fsp3) is 0.588. The molecule has 0 aliphatic rings. The fourth-order valence-electron chi connectivity index (χ4n) is 1.68. The van der Waals surface area contributed by atoms with Crippen LogP contribution in [0.25, 0.3) is 0 Å². The Morgan fingerprint density at radius 3 is 1.89 bits per heavy atom. The van der Waals surface area contributed by atoms with Crippen LogP contribution in [0, 0.1) is 0 Å². The standard InChI is InChI=1S/C17H24N2O7S/c1-8-24-12(21)11-10(9-20)18-13(27-11)19(14(22)25-16(2,3)4)15(23)26-17(5,6)7/h9H,8H2,1-7H3. The molecule has 1 aromatic heterocycles. The summed E-state index contributed by atoms with van der Waals surface area (Å²) in [6, 6.07) is 0. The summed E-state index contributed by atoms with van der Waals surface area (Å²) in [6.45, 7) is 11.5. The lowest BCUT2D eigenvalue weighted by Crippen LogP contribution is -2.43. The van der Waals surface area contributed by atoms with Crippen molar-refractivity contribution in [1.29, 1.82) is 0 Å². The van der Waals surface area contributed by atoms with Gasteiger partial charge in [0.25, 0.3) is 0 Å². The number of esters is 1. The number of aldehydes is 1. The minimum absolute atomic E-state index is 0.0895. The van der Waals surface area contributed by atoms with Crippen molar-refractivity contribution in [3.63, 3.8) is 0 Å². The van der Waals surface area contributed by atoms with E-state index < -0.39 is 29.4 Å². The molecule has 1 aromatic rings. The van der Waals surface area contributed by atoms with Crippen LogP contribution in [0.5, 0.6) is 0 Å². The number of amides is 2. The Hall–Kier alpha value is -2.49. The van der Waals surface area contributed by atoms with Crippen LogP contribution in [0.3, 0.4) is 0 Å². The summed E-state index contributed by atoms with van der Waals surface area (Å²) in [6.07, 6.45) is -1.74. The van der Waals surface area contributed by atoms with E-state index in [-0.39, 0.29) is 22.3 Å². The molecule has 10 heteroatoms. The summed E-state index contributed by atoms with van der Waals surface area (Å²) in [4.78, 5) is 52.7. The van der Waals surface area contributed by atoms with Crippen molar-refractivity contribution < 1.29 is 33.4 Å². The Labute approximate surface area is 161 Å². The zero-order valence-corrected chi connectivity index (χ0v) is 17.3. The van der Waals surface area contributed by atoms with Gasteiger partial charge in [0.15, 0.2) is 6.29 Å². The van der Waals surface area contributed by atoms with Crippen LogP contribution in [0.2, 0.25) is 0 Å². The predicted molar refractivity (Wildman–Crippen MR) is 98.4 cm³/mol. The van der Waals surface area contributed by atoms with E-state index in [9.17, 15) is 19.2 Å². The molecule has 0 unspecified atom stereocenters. The SMILES string of the molecule is CCOC(=O)c1sc(N(C(=O)OC(C)(C)C)C(=O)OC(C)(C)C)nc1C=O. The number of imide groups is 1. The Balaban J connectivity index is 3.38. The molecule has 0 N–H and O–H groups in total. The number of carbonyl (C=O) groups excluding carboxylic acids is 4. The molecule has 150 valence electrons. The second-order valence-electron chi connectivity index (χ2n) is 7.35. The van der Waals surface area contributed by atoms with Crippen molar-refractivity contribution in [3.8, 4) is 0 Å². The second kappa shape index (κ2) is 8.47. The average molecular weight is 400 g/mol. The van der Waals surface area contributed by atoms with Crippen molar-refractivity contribution in [2.24, 2.45) is 0 Å². The van der Waals surface area contributed by atoms with Crippen LogP contribution >= 0.6 is 11.3 Å². The van der Waals surface area contributed by atoms with Gasteiger partial charge in [-0.25, -0.2) is 19.4 Å². The van der Waals surface area contributed by atoms with Crippen LogP contribution in [0.1, 0.15) is 68.6 Å². The van der Waals surface area contributed by atoms with Gasteiger partial charge in [0, 0.05) is 0 Å². The second-order valence-corrected chi connectivity index (χ2v) is 8.32. The topological polar surface area (TPSA) is 112 Å². The van der Waals surface area contributed by atoms with E-state index in [4.69, 9.17) is 14.2 Å². The van der Waals surface area contributed by atoms with Gasteiger partial charge >= 0.3 is 18.2 Å². The molecule has 1 heterocycles. The normalized spacial score (nSPS) is 11.5. The highest BCUT2D eigenvalue weighted by atomic mass is 32.1. The molecule has 0 saturated carbocycles. The van der Waals surface area contributed by atoms with Gasteiger partial charge in [0.1, 0.15) is 21.8 Å². The number of thiazole rings is 1. The maximum absolute atomic E-state index is 12.6. The van der Waals surface area contributed by atoms with Crippen molar-refractivity contribution in [3.05, 3.63) is 10.6 Å². The van der Waals surface area contributed by atoms with E-state index >= 15 is 0 Å². The summed E-state index contributed by atoms with van der Waals surface area (Å²) in [5.41, 5.74) is -2.04. The number of nitrogens with zero attached hydrogens (tertiary/aromatic N) is 2. The van der Waals surface area contributed by atoms with Crippen molar-refractivity contribution in [2.45, 2.75) is 59.7 Å². The summed E-state index contributed by atoms with van der Waals surface area (Å²) >= 11 is 0.656. The van der Waals surface area contributed by atoms with Crippen molar-refractivity contribution >= 4 is 40.9 Å². The number of hydrogen-bond acceptors (Lipinski definition) is 9. The number of ether oxygens (including phenoxy) is 3. The molecule has 0 radical (unpaired) electrons. The largest absolute Gasteiger partial charge is 0.462 e. The van der Waals surface area contributed by atoms with E-state index in [1.807, 2.05) is 0 Å². The molecular formula is C17H24N2O7S. The minimum Gasteiger partial charge on any atom is -0.462 e. The Kier molecular flexibility index (Phi) is 7.07. The molecule has 0 spiro atoms. The van der Waals surface area contributed by atoms with E-state index in [0.717, 1.165) is 0 Å². The lowest BCUT2D eigenvalue weighted by Gasteiger charge is -2.27. The van der Waals surface area contributed by atoms with Gasteiger partial charge in [-0.05, 0) is 48.5 Å². The molecule has 27 heavy (non-hydrogen) atoms. The lowest BCUT2D eigenvalue weighted by molar-refractivity contribution is 0.0428. The zero-order chi connectivity index (χ0) is 21.0. The monoisotopic (exact) mass is 400 g/mol. The maximum atomic E-state index is 12.6. The Morgan fingerprint density at radius 1 is 1.04 bits per heavy atom. The molecule has 0 atom stereocenters. The van der Waals surface area contributed by atoms with Crippen LogP contribution in [-0.2, 0) is 14.2 Å². The number of rotatable bonds is 4. The van der Waals surface area contributed by atoms with Gasteiger partial charge in [0.2, 0.25) is 5.13 Å². The first-order valence-electron chi connectivity index (χ1n) is 8.18. The molecule has 0 fully saturated rings. The number of aromatic nitrogens is 1. The Bertz CT molecular complexity index is 701. The Morgan fingerprint density at radius 2 is 1.52 bits per heavy atom. The molecular weight excluding hydrogens is 376 g/mol. The van der Waals surface area contributed by atoms with E-state index in [0.29, 0.717) is 22.5 Å². The number of anilines is 1. The minimum atomic E-state index is -1.04. The maximum Gasteiger partial charge on any atom is 0.426 e. The summed E-state index contributed by atoms with van der Waals surface area (Å²) < 4.78 is 15.3. The van der Waals surface area contributed by atoms with Crippen LogP contribution in [0.4, 0.5) is 14.7 Å². The molecule has 1 rings (SSSR count). The molecule has 0 aliphatic heterocycles. The lowest BCUT2D eigenvalue weighted by atomic mass is 10.2. The molecule has 0 bridgehead atoms. The van der Waals surface area contributed by atoms with Gasteiger partial charge < -0.3 is 14.2 Å². The summed E-state index contributed by atoms with van der Waals surface area (Å²) in [5, 5.41) is -0.233. The first-order valence-corrected chi connectivity index (χ1v) is 9.00. The third-order valence-electron chi connectivity index (χ3n) is 2.56. The van der Waals surface area contributed by atoms with Crippen LogP contribution in [0.15, 0.2) is 0 Å².